The Bertz CT molecular complexity index is 295. The predicted octanol–water partition coefficient (Wildman–Crippen LogP) is 0.887. The molecule has 0 aliphatic heterocycles. The minimum Gasteiger partial charge on any atom is -0.370 e. The lowest BCUT2D eigenvalue weighted by molar-refractivity contribution is -0.119. The van der Waals surface area contributed by atoms with Crippen molar-refractivity contribution >= 4 is 17.2 Å². The molecule has 1 rings (SSSR count). The van der Waals surface area contributed by atoms with Gasteiger partial charge < -0.3 is 11.1 Å². The van der Waals surface area contributed by atoms with E-state index in [2.05, 4.69) is 10.3 Å². The number of rotatable bonds is 5. The second-order valence-electron chi connectivity index (χ2n) is 3.81. The van der Waals surface area contributed by atoms with Gasteiger partial charge in [-0.25, -0.2) is 4.98 Å². The fourth-order valence-corrected chi connectivity index (χ4v) is 1.71. The van der Waals surface area contributed by atoms with Gasteiger partial charge in [-0.2, -0.15) is 0 Å². The van der Waals surface area contributed by atoms with Crippen LogP contribution < -0.4 is 11.1 Å². The SMILES string of the molecule is CC(C)(CC(N)=O)NCc1nccs1. The Balaban J connectivity index is 2.40. The van der Waals surface area contributed by atoms with Gasteiger partial charge in [0.25, 0.3) is 0 Å². The molecule has 0 radical (unpaired) electrons. The number of nitrogens with one attached hydrogen (secondary N) is 1. The van der Waals surface area contributed by atoms with Gasteiger partial charge in [0.1, 0.15) is 5.01 Å². The summed E-state index contributed by atoms with van der Waals surface area (Å²) >= 11 is 1.59. The van der Waals surface area contributed by atoms with Crippen molar-refractivity contribution in [3.05, 3.63) is 16.6 Å². The lowest BCUT2D eigenvalue weighted by Gasteiger charge is -2.24. The van der Waals surface area contributed by atoms with Crippen LogP contribution in [-0.2, 0) is 11.3 Å². The zero-order valence-corrected chi connectivity index (χ0v) is 9.23. The summed E-state index contributed by atoms with van der Waals surface area (Å²) in [6.07, 6.45) is 2.10. The molecule has 78 valence electrons. The van der Waals surface area contributed by atoms with Gasteiger partial charge >= 0.3 is 0 Å². The highest BCUT2D eigenvalue weighted by molar-refractivity contribution is 7.09. The minimum atomic E-state index is -0.290. The zero-order chi connectivity index (χ0) is 10.6. The van der Waals surface area contributed by atoms with Gasteiger partial charge in [-0.1, -0.05) is 0 Å². The van der Waals surface area contributed by atoms with E-state index in [1.807, 2.05) is 19.2 Å². The highest BCUT2D eigenvalue weighted by Gasteiger charge is 2.19. The molecule has 0 saturated heterocycles. The maximum atomic E-state index is 10.7. The largest absolute Gasteiger partial charge is 0.370 e. The van der Waals surface area contributed by atoms with Gasteiger partial charge in [-0.05, 0) is 13.8 Å². The van der Waals surface area contributed by atoms with Crippen LogP contribution in [0.4, 0.5) is 0 Å². The third-order valence-electron chi connectivity index (χ3n) is 1.82. The second kappa shape index (κ2) is 4.52. The number of carbonyl (C=O) groups is 1. The average molecular weight is 213 g/mol. The normalized spacial score (nSPS) is 11.6. The van der Waals surface area contributed by atoms with Crippen LogP contribution in [-0.4, -0.2) is 16.4 Å². The third kappa shape index (κ3) is 3.85. The Hall–Kier alpha value is -0.940. The van der Waals surface area contributed by atoms with Crippen molar-refractivity contribution in [1.82, 2.24) is 10.3 Å². The molecule has 0 atom stereocenters. The van der Waals surface area contributed by atoms with E-state index in [4.69, 9.17) is 5.73 Å². The first-order chi connectivity index (χ1) is 6.49. The second-order valence-corrected chi connectivity index (χ2v) is 4.79. The number of hydrogen-bond acceptors (Lipinski definition) is 4. The number of hydrogen-bond donors (Lipinski definition) is 2. The maximum Gasteiger partial charge on any atom is 0.219 e. The lowest BCUT2D eigenvalue weighted by atomic mass is 10.0. The van der Waals surface area contributed by atoms with E-state index in [9.17, 15) is 4.79 Å². The number of thiazole rings is 1. The summed E-state index contributed by atoms with van der Waals surface area (Å²) in [5.41, 5.74) is 4.87. The third-order valence-corrected chi connectivity index (χ3v) is 2.60. The molecular formula is C9H15N3OS. The van der Waals surface area contributed by atoms with Crippen molar-refractivity contribution in [3.8, 4) is 0 Å². The summed E-state index contributed by atoms with van der Waals surface area (Å²) in [6.45, 7) is 4.58. The molecule has 0 fully saturated rings. The van der Waals surface area contributed by atoms with Gasteiger partial charge in [0.2, 0.25) is 5.91 Å². The van der Waals surface area contributed by atoms with Crippen molar-refractivity contribution in [3.63, 3.8) is 0 Å². The molecule has 1 amide bonds. The number of nitrogens with two attached hydrogens (primary N) is 1. The van der Waals surface area contributed by atoms with E-state index in [0.717, 1.165) is 5.01 Å². The molecule has 14 heavy (non-hydrogen) atoms. The van der Waals surface area contributed by atoms with E-state index < -0.39 is 0 Å². The topological polar surface area (TPSA) is 68.0 Å². The van der Waals surface area contributed by atoms with Crippen molar-refractivity contribution in [1.29, 1.82) is 0 Å². The number of nitrogens with zero attached hydrogens (tertiary/aromatic N) is 1. The van der Waals surface area contributed by atoms with Crippen LogP contribution in [0.3, 0.4) is 0 Å². The molecule has 5 heteroatoms. The molecule has 0 spiro atoms. The van der Waals surface area contributed by atoms with Crippen LogP contribution in [0.1, 0.15) is 25.3 Å². The standard InChI is InChI=1S/C9H15N3OS/c1-9(2,5-7(10)13)12-6-8-11-3-4-14-8/h3-4,12H,5-6H2,1-2H3,(H2,10,13). The van der Waals surface area contributed by atoms with Crippen LogP contribution in [0.15, 0.2) is 11.6 Å². The average Bonchev–Trinajstić information content (AvgIpc) is 2.50. The first-order valence-corrected chi connectivity index (χ1v) is 5.29. The maximum absolute atomic E-state index is 10.7. The highest BCUT2D eigenvalue weighted by Crippen LogP contribution is 2.10. The molecule has 1 heterocycles. The highest BCUT2D eigenvalue weighted by atomic mass is 32.1. The Morgan fingerprint density at radius 1 is 1.71 bits per heavy atom. The number of amides is 1. The van der Waals surface area contributed by atoms with Gasteiger partial charge in [0, 0.05) is 30.1 Å². The summed E-state index contributed by atoms with van der Waals surface area (Å²) in [5, 5.41) is 6.18. The molecule has 1 aromatic heterocycles. The number of primary amides is 1. The molecule has 0 aliphatic carbocycles. The van der Waals surface area contributed by atoms with E-state index in [1.165, 1.54) is 0 Å². The number of carbonyl (C=O) groups excluding carboxylic acids is 1. The van der Waals surface area contributed by atoms with Crippen LogP contribution in [0.2, 0.25) is 0 Å². The van der Waals surface area contributed by atoms with E-state index >= 15 is 0 Å². The van der Waals surface area contributed by atoms with Gasteiger partial charge in [-0.15, -0.1) is 11.3 Å². The fourth-order valence-electron chi connectivity index (χ4n) is 1.15. The Kier molecular flexibility index (Phi) is 3.60. The monoisotopic (exact) mass is 213 g/mol. The van der Waals surface area contributed by atoms with Crippen molar-refractivity contribution in [2.75, 3.05) is 0 Å². The van der Waals surface area contributed by atoms with Gasteiger partial charge in [0.15, 0.2) is 0 Å². The fraction of sp³-hybridized carbons (Fsp3) is 0.556. The molecule has 0 bridgehead atoms. The van der Waals surface area contributed by atoms with Crippen molar-refractivity contribution < 1.29 is 4.79 Å². The first-order valence-electron chi connectivity index (χ1n) is 4.41. The molecular weight excluding hydrogens is 198 g/mol. The molecule has 0 aliphatic rings. The Morgan fingerprint density at radius 2 is 2.43 bits per heavy atom. The molecule has 0 saturated carbocycles. The molecule has 0 unspecified atom stereocenters. The quantitative estimate of drug-likeness (QED) is 0.763. The smallest absolute Gasteiger partial charge is 0.219 e. The molecule has 3 N–H and O–H groups in total. The van der Waals surface area contributed by atoms with E-state index in [0.29, 0.717) is 13.0 Å². The minimum absolute atomic E-state index is 0.266. The number of aromatic nitrogens is 1. The Morgan fingerprint density at radius 3 is 2.93 bits per heavy atom. The molecule has 1 aromatic rings. The predicted molar refractivity (Wildman–Crippen MR) is 56.8 cm³/mol. The molecule has 4 nitrogen and oxygen atoms in total. The van der Waals surface area contributed by atoms with Gasteiger partial charge in [0.05, 0.1) is 0 Å². The van der Waals surface area contributed by atoms with E-state index in [1.54, 1.807) is 17.5 Å². The first kappa shape index (κ1) is 11.1. The van der Waals surface area contributed by atoms with Crippen molar-refractivity contribution in [2.24, 2.45) is 5.73 Å². The van der Waals surface area contributed by atoms with Crippen LogP contribution in [0.5, 0.6) is 0 Å². The summed E-state index contributed by atoms with van der Waals surface area (Å²) in [5.74, 6) is -0.290. The summed E-state index contributed by atoms with van der Waals surface area (Å²) < 4.78 is 0. The van der Waals surface area contributed by atoms with Crippen LogP contribution >= 0.6 is 11.3 Å². The molecule has 0 aromatic carbocycles. The zero-order valence-electron chi connectivity index (χ0n) is 8.41. The summed E-state index contributed by atoms with van der Waals surface area (Å²) in [7, 11) is 0. The van der Waals surface area contributed by atoms with Crippen LogP contribution in [0, 0.1) is 0 Å². The van der Waals surface area contributed by atoms with E-state index in [-0.39, 0.29) is 11.4 Å². The summed E-state index contributed by atoms with van der Waals surface area (Å²) in [6, 6.07) is 0. The lowest BCUT2D eigenvalue weighted by Crippen LogP contribution is -2.42. The van der Waals surface area contributed by atoms with Crippen molar-refractivity contribution in [2.45, 2.75) is 32.4 Å². The summed E-state index contributed by atoms with van der Waals surface area (Å²) in [4.78, 5) is 14.9. The Labute approximate surface area is 87.5 Å². The van der Waals surface area contributed by atoms with Crippen LogP contribution in [0.25, 0.3) is 0 Å². The van der Waals surface area contributed by atoms with Gasteiger partial charge in [-0.3, -0.25) is 4.79 Å².